The summed E-state index contributed by atoms with van der Waals surface area (Å²) in [5.74, 6) is 1.22. The molecule has 2 rings (SSSR count). The summed E-state index contributed by atoms with van der Waals surface area (Å²) in [5, 5.41) is 0. The lowest BCUT2D eigenvalue weighted by atomic mass is 10.1. The Morgan fingerprint density at radius 1 is 1.00 bits per heavy atom. The summed E-state index contributed by atoms with van der Waals surface area (Å²) in [6.07, 6.45) is 3.46. The molecule has 5 nitrogen and oxygen atoms in total. The zero-order valence-corrected chi connectivity index (χ0v) is 14.5. The van der Waals surface area contributed by atoms with E-state index in [1.807, 2.05) is 32.9 Å². The summed E-state index contributed by atoms with van der Waals surface area (Å²) < 4.78 is 11.5. The van der Waals surface area contributed by atoms with Gasteiger partial charge in [-0.15, -0.1) is 0 Å². The molecular weight excluding hydrogens is 304 g/mol. The molecule has 0 saturated heterocycles. The largest absolute Gasteiger partial charge is 0.490 e. The third kappa shape index (κ3) is 4.47. The predicted octanol–water partition coefficient (Wildman–Crippen LogP) is 3.54. The number of aromatic nitrogens is 1. The van der Waals surface area contributed by atoms with Crippen LogP contribution >= 0.6 is 0 Å². The highest BCUT2D eigenvalue weighted by Crippen LogP contribution is 2.29. The van der Waals surface area contributed by atoms with Gasteiger partial charge < -0.3 is 14.4 Å². The third-order valence-electron chi connectivity index (χ3n) is 3.68. The predicted molar refractivity (Wildman–Crippen MR) is 93.4 cm³/mol. The molecule has 0 saturated carbocycles. The van der Waals surface area contributed by atoms with Gasteiger partial charge in [-0.25, -0.2) is 0 Å². The molecule has 2 aromatic rings. The SMILES string of the molecule is CCOc1cc(C(=O)N(CC)CC)ccc1OCc1ccncc1. The maximum atomic E-state index is 12.5. The monoisotopic (exact) mass is 328 g/mol. The number of benzene rings is 1. The van der Waals surface area contributed by atoms with Crippen molar-refractivity contribution in [3.63, 3.8) is 0 Å². The summed E-state index contributed by atoms with van der Waals surface area (Å²) in [6.45, 7) is 8.14. The Morgan fingerprint density at radius 3 is 2.33 bits per heavy atom. The number of pyridine rings is 1. The van der Waals surface area contributed by atoms with Gasteiger partial charge in [-0.2, -0.15) is 0 Å². The first-order valence-corrected chi connectivity index (χ1v) is 8.27. The highest BCUT2D eigenvalue weighted by molar-refractivity contribution is 5.94. The molecule has 0 atom stereocenters. The standard InChI is InChI=1S/C19H24N2O3/c1-4-21(5-2)19(22)16-7-8-17(18(13-16)23-6-3)24-14-15-9-11-20-12-10-15/h7-13H,4-6,14H2,1-3H3. The van der Waals surface area contributed by atoms with E-state index in [-0.39, 0.29) is 5.91 Å². The molecule has 0 N–H and O–H groups in total. The Hall–Kier alpha value is -2.56. The van der Waals surface area contributed by atoms with E-state index in [9.17, 15) is 4.79 Å². The fourth-order valence-electron chi connectivity index (χ4n) is 2.36. The lowest BCUT2D eigenvalue weighted by molar-refractivity contribution is 0.0772. The Balaban J connectivity index is 2.18. The van der Waals surface area contributed by atoms with Crippen LogP contribution in [0.5, 0.6) is 11.5 Å². The lowest BCUT2D eigenvalue weighted by Gasteiger charge is -2.19. The van der Waals surface area contributed by atoms with Gasteiger partial charge in [-0.05, 0) is 56.7 Å². The first-order valence-electron chi connectivity index (χ1n) is 8.27. The molecule has 0 radical (unpaired) electrons. The average Bonchev–Trinajstić information content (AvgIpc) is 2.62. The van der Waals surface area contributed by atoms with E-state index >= 15 is 0 Å². The zero-order valence-electron chi connectivity index (χ0n) is 14.5. The van der Waals surface area contributed by atoms with Crippen molar-refractivity contribution < 1.29 is 14.3 Å². The van der Waals surface area contributed by atoms with Crippen molar-refractivity contribution in [2.75, 3.05) is 19.7 Å². The van der Waals surface area contributed by atoms with Crippen molar-refractivity contribution in [2.45, 2.75) is 27.4 Å². The molecule has 1 heterocycles. The third-order valence-corrected chi connectivity index (χ3v) is 3.68. The summed E-state index contributed by atoms with van der Waals surface area (Å²) >= 11 is 0. The maximum absolute atomic E-state index is 12.5. The molecule has 0 bridgehead atoms. The second kappa shape index (κ2) is 8.91. The Morgan fingerprint density at radius 2 is 1.71 bits per heavy atom. The van der Waals surface area contributed by atoms with Gasteiger partial charge in [0, 0.05) is 31.0 Å². The van der Waals surface area contributed by atoms with Crippen LogP contribution in [0.15, 0.2) is 42.7 Å². The minimum atomic E-state index is 0.00152. The van der Waals surface area contributed by atoms with Gasteiger partial charge in [0.25, 0.3) is 5.91 Å². The van der Waals surface area contributed by atoms with Crippen molar-refractivity contribution in [3.8, 4) is 11.5 Å². The van der Waals surface area contributed by atoms with Gasteiger partial charge >= 0.3 is 0 Å². The van der Waals surface area contributed by atoms with E-state index in [2.05, 4.69) is 4.98 Å². The number of hydrogen-bond donors (Lipinski definition) is 0. The molecular formula is C19H24N2O3. The van der Waals surface area contributed by atoms with Gasteiger partial charge in [-0.3, -0.25) is 9.78 Å². The van der Waals surface area contributed by atoms with Crippen LogP contribution in [-0.4, -0.2) is 35.5 Å². The average molecular weight is 328 g/mol. The van der Waals surface area contributed by atoms with Gasteiger partial charge in [0.15, 0.2) is 11.5 Å². The van der Waals surface area contributed by atoms with E-state index < -0.39 is 0 Å². The van der Waals surface area contributed by atoms with Crippen molar-refractivity contribution in [2.24, 2.45) is 0 Å². The molecule has 1 aromatic heterocycles. The smallest absolute Gasteiger partial charge is 0.253 e. The second-order valence-corrected chi connectivity index (χ2v) is 5.22. The minimum Gasteiger partial charge on any atom is -0.490 e. The van der Waals surface area contributed by atoms with Crippen molar-refractivity contribution in [3.05, 3.63) is 53.9 Å². The molecule has 24 heavy (non-hydrogen) atoms. The van der Waals surface area contributed by atoms with E-state index in [1.165, 1.54) is 0 Å². The van der Waals surface area contributed by atoms with E-state index in [0.717, 1.165) is 5.56 Å². The van der Waals surface area contributed by atoms with Gasteiger partial charge in [0.05, 0.1) is 6.61 Å². The normalized spacial score (nSPS) is 10.3. The Bertz CT molecular complexity index is 655. The van der Waals surface area contributed by atoms with Gasteiger partial charge in [-0.1, -0.05) is 0 Å². The van der Waals surface area contributed by atoms with E-state index in [4.69, 9.17) is 9.47 Å². The number of carbonyl (C=O) groups excluding carboxylic acids is 1. The van der Waals surface area contributed by atoms with Crippen LogP contribution in [0.1, 0.15) is 36.7 Å². The topological polar surface area (TPSA) is 51.7 Å². The number of ether oxygens (including phenoxy) is 2. The van der Waals surface area contributed by atoms with Crippen molar-refractivity contribution in [1.82, 2.24) is 9.88 Å². The molecule has 0 fully saturated rings. The Labute approximate surface area is 143 Å². The highest BCUT2D eigenvalue weighted by atomic mass is 16.5. The summed E-state index contributed by atoms with van der Waals surface area (Å²) in [6, 6.07) is 9.14. The van der Waals surface area contributed by atoms with Crippen LogP contribution in [0.25, 0.3) is 0 Å². The number of rotatable bonds is 8. The van der Waals surface area contributed by atoms with Crippen molar-refractivity contribution in [1.29, 1.82) is 0 Å². The summed E-state index contributed by atoms with van der Waals surface area (Å²) in [7, 11) is 0. The van der Waals surface area contributed by atoms with Gasteiger partial charge in [0.1, 0.15) is 6.61 Å². The summed E-state index contributed by atoms with van der Waals surface area (Å²) in [4.78, 5) is 18.2. The second-order valence-electron chi connectivity index (χ2n) is 5.22. The first kappa shape index (κ1) is 17.8. The molecule has 0 aliphatic carbocycles. The molecule has 0 spiro atoms. The molecule has 0 aliphatic heterocycles. The number of hydrogen-bond acceptors (Lipinski definition) is 4. The fraction of sp³-hybridized carbons (Fsp3) is 0.368. The summed E-state index contributed by atoms with van der Waals surface area (Å²) in [5.41, 5.74) is 1.63. The Kier molecular flexibility index (Phi) is 6.61. The molecule has 1 aromatic carbocycles. The van der Waals surface area contributed by atoms with Crippen LogP contribution in [0.3, 0.4) is 0 Å². The van der Waals surface area contributed by atoms with Gasteiger partial charge in [0.2, 0.25) is 0 Å². The van der Waals surface area contributed by atoms with Crippen LogP contribution in [0, 0.1) is 0 Å². The van der Waals surface area contributed by atoms with Crippen molar-refractivity contribution >= 4 is 5.91 Å². The number of carbonyl (C=O) groups is 1. The molecule has 0 aliphatic rings. The highest BCUT2D eigenvalue weighted by Gasteiger charge is 2.15. The maximum Gasteiger partial charge on any atom is 0.253 e. The first-order chi connectivity index (χ1) is 11.7. The van der Waals surface area contributed by atoms with Crippen LogP contribution in [0.2, 0.25) is 0 Å². The number of nitrogens with zero attached hydrogens (tertiary/aromatic N) is 2. The lowest BCUT2D eigenvalue weighted by Crippen LogP contribution is -2.30. The van der Waals surface area contributed by atoms with E-state index in [0.29, 0.717) is 43.4 Å². The minimum absolute atomic E-state index is 0.00152. The zero-order chi connectivity index (χ0) is 17.4. The molecule has 0 unspecified atom stereocenters. The van der Waals surface area contributed by atoms with Crippen LogP contribution in [0.4, 0.5) is 0 Å². The molecule has 128 valence electrons. The number of amides is 1. The van der Waals surface area contributed by atoms with Crippen LogP contribution < -0.4 is 9.47 Å². The van der Waals surface area contributed by atoms with Crippen LogP contribution in [-0.2, 0) is 6.61 Å². The molecule has 5 heteroatoms. The van der Waals surface area contributed by atoms with E-state index in [1.54, 1.807) is 35.5 Å². The quantitative estimate of drug-likeness (QED) is 0.744. The fourth-order valence-corrected chi connectivity index (χ4v) is 2.36. The molecule has 1 amide bonds.